The van der Waals surface area contributed by atoms with Crippen molar-refractivity contribution in [3.05, 3.63) is 65.5 Å². The summed E-state index contributed by atoms with van der Waals surface area (Å²) in [7, 11) is -2.51. The quantitative estimate of drug-likeness (QED) is 0.820. The van der Waals surface area contributed by atoms with Crippen LogP contribution in [0.4, 0.5) is 4.39 Å². The average Bonchev–Trinajstić information content (AvgIpc) is 2.56. The summed E-state index contributed by atoms with van der Waals surface area (Å²) in [5.41, 5.74) is 0.978. The highest BCUT2D eigenvalue weighted by Gasteiger charge is 2.16. The Labute approximate surface area is 134 Å². The lowest BCUT2D eigenvalue weighted by Gasteiger charge is -2.08. The Morgan fingerprint density at radius 1 is 1.17 bits per heavy atom. The second kappa shape index (κ2) is 7.34. The number of esters is 1. The van der Waals surface area contributed by atoms with E-state index >= 15 is 0 Å². The van der Waals surface area contributed by atoms with E-state index in [0.29, 0.717) is 6.42 Å². The molecule has 0 amide bonds. The third-order valence-electron chi connectivity index (χ3n) is 3.18. The summed E-state index contributed by atoms with van der Waals surface area (Å²) in [6, 6.07) is 11.4. The molecule has 1 N–H and O–H groups in total. The topological polar surface area (TPSA) is 72.5 Å². The van der Waals surface area contributed by atoms with Gasteiger partial charge in [-0.3, -0.25) is 0 Å². The minimum absolute atomic E-state index is 0.0143. The normalized spacial score (nSPS) is 11.2. The Bertz CT molecular complexity index is 788. The molecule has 2 rings (SSSR count). The van der Waals surface area contributed by atoms with Crippen LogP contribution in [-0.4, -0.2) is 28.0 Å². The van der Waals surface area contributed by atoms with E-state index in [1.54, 1.807) is 12.1 Å². The number of hydrogen-bond donors (Lipinski definition) is 1. The summed E-state index contributed by atoms with van der Waals surface area (Å²) >= 11 is 0. The van der Waals surface area contributed by atoms with Crippen LogP contribution in [0.2, 0.25) is 0 Å². The van der Waals surface area contributed by atoms with Crippen molar-refractivity contribution >= 4 is 16.0 Å². The largest absolute Gasteiger partial charge is 0.465 e. The van der Waals surface area contributed by atoms with E-state index in [-0.39, 0.29) is 22.8 Å². The number of rotatable bonds is 6. The van der Waals surface area contributed by atoms with Gasteiger partial charge in [0, 0.05) is 6.54 Å². The number of hydrogen-bond acceptors (Lipinski definition) is 4. The third kappa shape index (κ3) is 4.61. The number of nitrogens with one attached hydrogen (secondary N) is 1. The van der Waals surface area contributed by atoms with Gasteiger partial charge in [0.25, 0.3) is 0 Å². The van der Waals surface area contributed by atoms with Crippen molar-refractivity contribution in [3.8, 4) is 0 Å². The molecule has 0 aromatic heterocycles. The molecule has 0 fully saturated rings. The van der Waals surface area contributed by atoms with Gasteiger partial charge in [0.05, 0.1) is 17.6 Å². The number of methoxy groups -OCH3 is 1. The molecule has 0 atom stereocenters. The molecule has 2 aromatic rings. The molecule has 23 heavy (non-hydrogen) atoms. The van der Waals surface area contributed by atoms with Gasteiger partial charge in [-0.25, -0.2) is 22.3 Å². The van der Waals surface area contributed by atoms with Crippen LogP contribution in [0.1, 0.15) is 15.9 Å². The zero-order valence-electron chi connectivity index (χ0n) is 12.5. The fourth-order valence-corrected chi connectivity index (χ4v) is 3.05. The summed E-state index contributed by atoms with van der Waals surface area (Å²) in [5, 5.41) is 0. The van der Waals surface area contributed by atoms with E-state index in [0.717, 1.165) is 5.56 Å². The summed E-state index contributed by atoms with van der Waals surface area (Å²) in [5.74, 6) is -0.942. The zero-order valence-corrected chi connectivity index (χ0v) is 13.3. The highest BCUT2D eigenvalue weighted by Crippen LogP contribution is 2.12. The first-order valence-corrected chi connectivity index (χ1v) is 8.33. The summed E-state index contributed by atoms with van der Waals surface area (Å²) in [6.07, 6.45) is 0.427. The van der Waals surface area contributed by atoms with Gasteiger partial charge in [-0.2, -0.15) is 0 Å². The molecule has 0 saturated heterocycles. The Balaban J connectivity index is 2.04. The van der Waals surface area contributed by atoms with Crippen LogP contribution in [0.3, 0.4) is 0 Å². The van der Waals surface area contributed by atoms with Crippen molar-refractivity contribution in [1.82, 2.24) is 4.72 Å². The maximum absolute atomic E-state index is 12.8. The molecule has 5 nitrogen and oxygen atoms in total. The van der Waals surface area contributed by atoms with E-state index in [2.05, 4.69) is 9.46 Å². The van der Waals surface area contributed by atoms with E-state index < -0.39 is 16.0 Å². The number of carbonyl (C=O) groups is 1. The summed E-state index contributed by atoms with van der Waals surface area (Å²) in [6.45, 7) is 0.163. The van der Waals surface area contributed by atoms with Crippen molar-refractivity contribution in [3.63, 3.8) is 0 Å². The fraction of sp³-hybridized carbons (Fsp3) is 0.188. The molecule has 122 valence electrons. The molecule has 0 aliphatic rings. The number of carbonyl (C=O) groups excluding carboxylic acids is 1. The van der Waals surface area contributed by atoms with E-state index in [1.807, 2.05) is 0 Å². The average molecular weight is 337 g/mol. The minimum atomic E-state index is -3.73. The second-order valence-electron chi connectivity index (χ2n) is 4.79. The lowest BCUT2D eigenvalue weighted by Crippen LogP contribution is -2.26. The maximum atomic E-state index is 12.8. The summed E-state index contributed by atoms with van der Waals surface area (Å²) < 4.78 is 44.3. The molecule has 0 radical (unpaired) electrons. The highest BCUT2D eigenvalue weighted by molar-refractivity contribution is 7.89. The molecule has 0 aliphatic heterocycles. The van der Waals surface area contributed by atoms with Crippen LogP contribution in [0.5, 0.6) is 0 Å². The first kappa shape index (κ1) is 17.1. The molecular formula is C16H16FNO4S. The Morgan fingerprint density at radius 3 is 2.52 bits per heavy atom. The Hall–Kier alpha value is -2.25. The Kier molecular flexibility index (Phi) is 5.46. The van der Waals surface area contributed by atoms with Crippen LogP contribution >= 0.6 is 0 Å². The number of ether oxygens (including phenoxy) is 1. The van der Waals surface area contributed by atoms with Gasteiger partial charge in [0.2, 0.25) is 10.0 Å². The van der Waals surface area contributed by atoms with Crippen LogP contribution in [0.25, 0.3) is 0 Å². The fourth-order valence-electron chi connectivity index (χ4n) is 1.97. The standard InChI is InChI=1S/C16H16FNO4S/c1-22-16(19)13-3-2-4-15(11-13)23(20,21)18-10-9-12-5-7-14(17)8-6-12/h2-8,11,18H,9-10H2,1H3. The Morgan fingerprint density at radius 2 is 1.87 bits per heavy atom. The van der Waals surface area contributed by atoms with Crippen molar-refractivity contribution in [1.29, 1.82) is 0 Å². The maximum Gasteiger partial charge on any atom is 0.337 e. The molecule has 7 heteroatoms. The predicted octanol–water partition coefficient (Wildman–Crippen LogP) is 2.13. The van der Waals surface area contributed by atoms with Crippen LogP contribution < -0.4 is 4.72 Å². The number of benzene rings is 2. The SMILES string of the molecule is COC(=O)c1cccc(S(=O)(=O)NCCc2ccc(F)cc2)c1. The third-order valence-corrected chi connectivity index (χ3v) is 4.64. The van der Waals surface area contributed by atoms with Crippen LogP contribution in [0, 0.1) is 5.82 Å². The molecule has 2 aromatic carbocycles. The monoisotopic (exact) mass is 337 g/mol. The van der Waals surface area contributed by atoms with E-state index in [9.17, 15) is 17.6 Å². The lowest BCUT2D eigenvalue weighted by molar-refractivity contribution is 0.0600. The van der Waals surface area contributed by atoms with Gasteiger partial charge in [-0.15, -0.1) is 0 Å². The lowest BCUT2D eigenvalue weighted by atomic mass is 10.1. The van der Waals surface area contributed by atoms with Gasteiger partial charge in [0.15, 0.2) is 0 Å². The van der Waals surface area contributed by atoms with Gasteiger partial charge < -0.3 is 4.74 Å². The van der Waals surface area contributed by atoms with Crippen molar-refractivity contribution in [2.75, 3.05) is 13.7 Å². The van der Waals surface area contributed by atoms with Crippen molar-refractivity contribution in [2.45, 2.75) is 11.3 Å². The smallest absolute Gasteiger partial charge is 0.337 e. The van der Waals surface area contributed by atoms with E-state index in [4.69, 9.17) is 0 Å². The highest BCUT2D eigenvalue weighted by atomic mass is 32.2. The van der Waals surface area contributed by atoms with Gasteiger partial charge in [-0.1, -0.05) is 18.2 Å². The van der Waals surface area contributed by atoms with Gasteiger partial charge in [0.1, 0.15) is 5.82 Å². The van der Waals surface area contributed by atoms with Crippen LogP contribution in [-0.2, 0) is 21.2 Å². The first-order valence-electron chi connectivity index (χ1n) is 6.85. The number of halogens is 1. The van der Waals surface area contributed by atoms with Gasteiger partial charge >= 0.3 is 5.97 Å². The molecule has 0 aliphatic carbocycles. The molecule has 0 spiro atoms. The molecule has 0 bridgehead atoms. The van der Waals surface area contributed by atoms with Crippen molar-refractivity contribution < 1.29 is 22.3 Å². The molecule has 0 saturated carbocycles. The molecule has 0 heterocycles. The number of sulfonamides is 1. The summed E-state index contributed by atoms with van der Waals surface area (Å²) in [4.78, 5) is 11.4. The predicted molar refractivity (Wildman–Crippen MR) is 83.1 cm³/mol. The first-order chi connectivity index (χ1) is 10.9. The van der Waals surface area contributed by atoms with E-state index in [1.165, 1.54) is 43.5 Å². The van der Waals surface area contributed by atoms with Gasteiger partial charge in [-0.05, 0) is 42.3 Å². The van der Waals surface area contributed by atoms with Crippen LogP contribution in [0.15, 0.2) is 53.4 Å². The van der Waals surface area contributed by atoms with Crippen molar-refractivity contribution in [2.24, 2.45) is 0 Å². The second-order valence-corrected chi connectivity index (χ2v) is 6.56. The molecule has 0 unspecified atom stereocenters. The minimum Gasteiger partial charge on any atom is -0.465 e. The zero-order chi connectivity index (χ0) is 16.9. The molecular weight excluding hydrogens is 321 g/mol.